The number of hydrogen-bond acceptors (Lipinski definition) is 5. The number of hydrogen-bond donors (Lipinski definition) is 1. The summed E-state index contributed by atoms with van der Waals surface area (Å²) in [4.78, 5) is 16.9. The Bertz CT molecular complexity index is 1250. The van der Waals surface area contributed by atoms with Crippen LogP contribution in [-0.2, 0) is 21.0 Å². The molecule has 32 heavy (non-hydrogen) atoms. The number of carbonyl (C=O) groups excluding carboxylic acids is 1. The van der Waals surface area contributed by atoms with Gasteiger partial charge in [0.05, 0.1) is 4.90 Å². The van der Waals surface area contributed by atoms with Crippen molar-refractivity contribution in [3.05, 3.63) is 59.8 Å². The van der Waals surface area contributed by atoms with Gasteiger partial charge in [-0.2, -0.15) is 13.2 Å². The number of benzene rings is 2. The maximum Gasteiger partial charge on any atom is 0.437 e. The number of alkyl halides is 3. The van der Waals surface area contributed by atoms with Crippen LogP contribution >= 0.6 is 0 Å². The van der Waals surface area contributed by atoms with E-state index in [1.165, 1.54) is 30.3 Å². The number of nitrogens with zero attached hydrogens (tertiary/aromatic N) is 2. The molecule has 0 atom stereocenters. The van der Waals surface area contributed by atoms with Crippen molar-refractivity contribution in [2.45, 2.75) is 37.8 Å². The van der Waals surface area contributed by atoms with Gasteiger partial charge in [-0.25, -0.2) is 18.4 Å². The second-order valence-electron chi connectivity index (χ2n) is 7.04. The Hall–Kier alpha value is -3.18. The molecular weight excluding hydrogens is 447 g/mol. The third-order valence-corrected chi connectivity index (χ3v) is 5.57. The first-order valence-corrected chi connectivity index (χ1v) is 11.1. The van der Waals surface area contributed by atoms with Crippen LogP contribution in [0.3, 0.4) is 0 Å². The Labute approximate surface area is 182 Å². The molecule has 0 saturated carbocycles. The summed E-state index contributed by atoms with van der Waals surface area (Å²) in [6.45, 7) is 3.33. The summed E-state index contributed by atoms with van der Waals surface area (Å²) in [7, 11) is -3.99. The molecule has 0 aliphatic rings. The van der Waals surface area contributed by atoms with Gasteiger partial charge in [-0.3, -0.25) is 0 Å². The molecule has 0 amide bonds. The van der Waals surface area contributed by atoms with Gasteiger partial charge < -0.3 is 4.84 Å². The fourth-order valence-electron chi connectivity index (χ4n) is 3.17. The van der Waals surface area contributed by atoms with Gasteiger partial charge in [0.15, 0.2) is 5.69 Å². The highest BCUT2D eigenvalue weighted by molar-refractivity contribution is 7.89. The van der Waals surface area contributed by atoms with Crippen LogP contribution in [0.2, 0.25) is 0 Å². The summed E-state index contributed by atoms with van der Waals surface area (Å²) in [6.07, 6.45) is -4.61. The van der Waals surface area contributed by atoms with Crippen molar-refractivity contribution in [2.24, 2.45) is 5.14 Å². The van der Waals surface area contributed by atoms with Crippen molar-refractivity contribution < 1.29 is 31.2 Å². The van der Waals surface area contributed by atoms with Crippen LogP contribution in [0.4, 0.5) is 13.2 Å². The predicted octanol–water partition coefficient (Wildman–Crippen LogP) is 3.95. The lowest BCUT2D eigenvalue weighted by Gasteiger charge is -2.13. The van der Waals surface area contributed by atoms with Gasteiger partial charge in [0.1, 0.15) is 5.69 Å². The molecule has 3 aromatic rings. The van der Waals surface area contributed by atoms with Crippen LogP contribution in [0.25, 0.3) is 22.4 Å². The first-order valence-electron chi connectivity index (χ1n) is 9.54. The van der Waals surface area contributed by atoms with Gasteiger partial charge in [-0.15, -0.1) is 5.10 Å². The first-order chi connectivity index (χ1) is 14.9. The zero-order valence-corrected chi connectivity index (χ0v) is 18.0. The molecule has 0 radical (unpaired) electrons. The highest BCUT2D eigenvalue weighted by atomic mass is 32.2. The van der Waals surface area contributed by atoms with Crippen LogP contribution in [0.5, 0.6) is 0 Å². The Morgan fingerprint density at radius 3 is 2.28 bits per heavy atom. The van der Waals surface area contributed by atoms with Gasteiger partial charge >= 0.3 is 12.1 Å². The molecule has 170 valence electrons. The average Bonchev–Trinajstić information content (AvgIpc) is 3.07. The number of rotatable bonds is 6. The molecule has 0 aliphatic heterocycles. The highest BCUT2D eigenvalue weighted by Crippen LogP contribution is 2.43. The summed E-state index contributed by atoms with van der Waals surface area (Å²) in [6, 6.07) is 11.3. The Morgan fingerprint density at radius 1 is 1.12 bits per heavy atom. The SMILES string of the molecule is CCCC(=O)On1nc(-c2ccc(S(N)(=O)=O)cc2)c(-c2ccccc2C)c1C(F)(F)F. The van der Waals surface area contributed by atoms with E-state index in [4.69, 9.17) is 9.98 Å². The van der Waals surface area contributed by atoms with E-state index in [1.54, 1.807) is 32.0 Å². The van der Waals surface area contributed by atoms with Crippen LogP contribution in [0.15, 0.2) is 53.4 Å². The van der Waals surface area contributed by atoms with E-state index in [-0.39, 0.29) is 38.5 Å². The Morgan fingerprint density at radius 2 is 1.75 bits per heavy atom. The van der Waals surface area contributed by atoms with E-state index in [0.717, 1.165) is 0 Å². The molecule has 0 saturated heterocycles. The van der Waals surface area contributed by atoms with Crippen molar-refractivity contribution in [3.63, 3.8) is 0 Å². The van der Waals surface area contributed by atoms with Gasteiger partial charge in [-0.05, 0) is 36.6 Å². The number of aromatic nitrogens is 2. The molecule has 1 heterocycles. The van der Waals surface area contributed by atoms with E-state index >= 15 is 0 Å². The van der Waals surface area contributed by atoms with Crippen molar-refractivity contribution in [1.82, 2.24) is 9.94 Å². The lowest BCUT2D eigenvalue weighted by atomic mass is 9.95. The number of halogens is 3. The molecule has 7 nitrogen and oxygen atoms in total. The molecule has 1 aromatic heterocycles. The second-order valence-corrected chi connectivity index (χ2v) is 8.60. The average molecular weight is 467 g/mol. The number of aryl methyl sites for hydroxylation is 1. The van der Waals surface area contributed by atoms with E-state index in [0.29, 0.717) is 12.0 Å². The number of sulfonamides is 1. The number of primary sulfonamides is 1. The minimum absolute atomic E-state index is 0.0881. The standard InChI is InChI=1S/C21H20F3N3O4S/c1-3-6-17(28)31-27-20(21(22,23)24)18(16-8-5-4-7-13(16)2)19(26-27)14-9-11-15(12-10-14)32(25,29)30/h4-5,7-12H,3,6H2,1-2H3,(H2,25,29,30). The molecular formula is C21H20F3N3O4S. The lowest BCUT2D eigenvalue weighted by Crippen LogP contribution is -2.26. The van der Waals surface area contributed by atoms with Crippen molar-refractivity contribution in [1.29, 1.82) is 0 Å². The molecule has 2 N–H and O–H groups in total. The fourth-order valence-corrected chi connectivity index (χ4v) is 3.69. The minimum atomic E-state index is -4.91. The monoisotopic (exact) mass is 467 g/mol. The Balaban J connectivity index is 2.31. The van der Waals surface area contributed by atoms with Gasteiger partial charge in [0, 0.05) is 17.5 Å². The van der Waals surface area contributed by atoms with Crippen LogP contribution < -0.4 is 9.98 Å². The number of carbonyl (C=O) groups is 1. The maximum absolute atomic E-state index is 14.2. The maximum atomic E-state index is 14.2. The van der Waals surface area contributed by atoms with Gasteiger partial charge in [-0.1, -0.05) is 48.2 Å². The zero-order chi connectivity index (χ0) is 23.7. The van der Waals surface area contributed by atoms with Crippen LogP contribution in [-0.4, -0.2) is 24.3 Å². The smallest absolute Gasteiger partial charge is 0.319 e. The third-order valence-electron chi connectivity index (χ3n) is 4.64. The molecule has 11 heteroatoms. The zero-order valence-electron chi connectivity index (χ0n) is 17.2. The van der Waals surface area contributed by atoms with Gasteiger partial charge in [0.2, 0.25) is 10.0 Å². The van der Waals surface area contributed by atoms with Crippen molar-refractivity contribution >= 4 is 16.0 Å². The lowest BCUT2D eigenvalue weighted by molar-refractivity contribution is -0.162. The van der Waals surface area contributed by atoms with E-state index in [2.05, 4.69) is 5.10 Å². The normalized spacial score (nSPS) is 12.1. The molecule has 2 aromatic carbocycles. The minimum Gasteiger partial charge on any atom is -0.319 e. The largest absolute Gasteiger partial charge is 0.437 e. The summed E-state index contributed by atoms with van der Waals surface area (Å²) in [5.41, 5.74) is -0.698. The predicted molar refractivity (Wildman–Crippen MR) is 111 cm³/mol. The topological polar surface area (TPSA) is 104 Å². The van der Waals surface area contributed by atoms with E-state index < -0.39 is 27.9 Å². The fraction of sp³-hybridized carbons (Fsp3) is 0.238. The summed E-state index contributed by atoms with van der Waals surface area (Å²) < 4.78 is 65.6. The molecule has 0 fully saturated rings. The summed E-state index contributed by atoms with van der Waals surface area (Å²) in [5.74, 6) is -0.868. The van der Waals surface area contributed by atoms with Crippen LogP contribution in [0.1, 0.15) is 31.0 Å². The summed E-state index contributed by atoms with van der Waals surface area (Å²) >= 11 is 0. The first kappa shape index (κ1) is 23.5. The molecule has 3 rings (SSSR count). The highest BCUT2D eigenvalue weighted by Gasteiger charge is 2.42. The second kappa shape index (κ2) is 8.75. The quantitative estimate of drug-likeness (QED) is 0.591. The van der Waals surface area contributed by atoms with Crippen LogP contribution in [0, 0.1) is 6.92 Å². The molecule has 0 spiro atoms. The van der Waals surface area contributed by atoms with Crippen molar-refractivity contribution in [2.75, 3.05) is 0 Å². The summed E-state index contributed by atoms with van der Waals surface area (Å²) in [5, 5.41) is 9.05. The molecule has 0 unspecified atom stereocenters. The molecule has 0 bridgehead atoms. The molecule has 0 aliphatic carbocycles. The Kier molecular flexibility index (Phi) is 6.42. The number of nitrogens with two attached hydrogens (primary N) is 1. The third kappa shape index (κ3) is 4.83. The van der Waals surface area contributed by atoms with Crippen molar-refractivity contribution in [3.8, 4) is 22.4 Å². The van der Waals surface area contributed by atoms with Gasteiger partial charge in [0.25, 0.3) is 0 Å². The van der Waals surface area contributed by atoms with E-state index in [9.17, 15) is 26.4 Å². The van der Waals surface area contributed by atoms with E-state index in [1.807, 2.05) is 0 Å².